The maximum atomic E-state index is 14.2. The van der Waals surface area contributed by atoms with Crippen molar-refractivity contribution in [2.75, 3.05) is 20.4 Å². The van der Waals surface area contributed by atoms with Crippen LogP contribution in [-0.4, -0.2) is 76.6 Å². The number of aliphatic hydroxyl groups is 1. The van der Waals surface area contributed by atoms with Crippen LogP contribution >= 0.6 is 11.8 Å². The van der Waals surface area contributed by atoms with Crippen LogP contribution in [0.3, 0.4) is 0 Å². The zero-order valence-corrected chi connectivity index (χ0v) is 30.1. The van der Waals surface area contributed by atoms with Crippen LogP contribution in [0.1, 0.15) is 80.6 Å². The Hall–Kier alpha value is -3.42. The molecule has 0 unspecified atom stereocenters. The van der Waals surface area contributed by atoms with Crippen molar-refractivity contribution in [3.8, 4) is 0 Å². The summed E-state index contributed by atoms with van der Waals surface area (Å²) in [6.45, 7) is 4.19. The van der Waals surface area contributed by atoms with Gasteiger partial charge in [-0.25, -0.2) is 17.9 Å². The third-order valence-corrected chi connectivity index (χ3v) is 14.6. The SMILES string of the molecule is CN(C)C(=O)SC(=O)[C@@]1(OC(=O)c2ccco2)CC[C@H]2[C@@H]3CCC4=Cc5c(cnn5C5=CC=C(S(C)(=O)=O)CC5)C[C@]4(C)[C@H]3[C@@H](O)C[C@@]21C. The largest absolute Gasteiger partial charge is 0.457 e. The quantitative estimate of drug-likeness (QED) is 0.382. The normalized spacial score (nSPS) is 33.6. The lowest BCUT2D eigenvalue weighted by Crippen LogP contribution is -2.62. The predicted molar refractivity (Wildman–Crippen MR) is 185 cm³/mol. The summed E-state index contributed by atoms with van der Waals surface area (Å²) >= 11 is 0.555. The molecule has 0 aromatic carbocycles. The zero-order chi connectivity index (χ0) is 35.1. The minimum absolute atomic E-state index is 0.0215. The standard InChI is InChI=1S/C36H43N3O8S2/c1-34-18-21-20-37-39(23-9-11-24(12-10-23)49(5,44)45)27(21)17-22(34)8-13-25-26-14-15-36(32(42)48-33(43)38(3)4,35(26,2)19-28(40)30(25)34)47-31(41)29-7-6-16-46-29/h6-7,9,11,16-17,20,25-26,28,30,40H,8,10,12-15,18-19H2,1-5H3/t25-,26-,28-,30+,34-,35-,36-/m0/s1. The number of esters is 1. The molecule has 262 valence electrons. The first-order valence-corrected chi connectivity index (χ1v) is 19.6. The summed E-state index contributed by atoms with van der Waals surface area (Å²) in [6, 6.07) is 3.07. The maximum absolute atomic E-state index is 14.2. The number of allylic oxidation sites excluding steroid dienone is 5. The van der Waals surface area contributed by atoms with E-state index in [1.807, 2.05) is 23.9 Å². The lowest BCUT2D eigenvalue weighted by molar-refractivity contribution is -0.175. The summed E-state index contributed by atoms with van der Waals surface area (Å²) in [5.74, 6) is -0.858. The highest BCUT2D eigenvalue weighted by molar-refractivity contribution is 8.26. The second-order valence-electron chi connectivity index (χ2n) is 15.1. The van der Waals surface area contributed by atoms with Gasteiger partial charge in [-0.15, -0.1) is 0 Å². The first kappa shape index (κ1) is 34.0. The van der Waals surface area contributed by atoms with E-state index >= 15 is 0 Å². The van der Waals surface area contributed by atoms with E-state index in [0.29, 0.717) is 42.4 Å². The number of carbonyl (C=O) groups excluding carboxylic acids is 3. The van der Waals surface area contributed by atoms with Gasteiger partial charge in [0.05, 0.1) is 24.3 Å². The van der Waals surface area contributed by atoms with Gasteiger partial charge in [0.25, 0.3) is 5.24 Å². The molecule has 0 saturated heterocycles. The van der Waals surface area contributed by atoms with E-state index in [1.54, 1.807) is 26.2 Å². The molecular formula is C36H43N3O8S2. The van der Waals surface area contributed by atoms with Crippen LogP contribution in [-0.2, 0) is 25.8 Å². The Morgan fingerprint density at radius 1 is 1.14 bits per heavy atom. The van der Waals surface area contributed by atoms with Crippen molar-refractivity contribution in [2.24, 2.45) is 28.6 Å². The second-order valence-corrected chi connectivity index (χ2v) is 18.1. The Morgan fingerprint density at radius 2 is 1.92 bits per heavy atom. The molecule has 2 aromatic heterocycles. The third kappa shape index (κ3) is 5.29. The van der Waals surface area contributed by atoms with E-state index in [9.17, 15) is 27.9 Å². The zero-order valence-electron chi connectivity index (χ0n) is 28.5. The van der Waals surface area contributed by atoms with Crippen LogP contribution < -0.4 is 0 Å². The number of aliphatic hydroxyl groups excluding tert-OH is 1. The number of aromatic nitrogens is 2. The van der Waals surface area contributed by atoms with Crippen molar-refractivity contribution in [1.29, 1.82) is 0 Å². The van der Waals surface area contributed by atoms with E-state index in [-0.39, 0.29) is 41.8 Å². The molecule has 2 aromatic rings. The molecule has 2 heterocycles. The van der Waals surface area contributed by atoms with Gasteiger partial charge in [0, 0.05) is 48.1 Å². The van der Waals surface area contributed by atoms with E-state index < -0.39 is 43.3 Å². The number of amides is 1. The number of hydrogen-bond acceptors (Lipinski definition) is 10. The summed E-state index contributed by atoms with van der Waals surface area (Å²) in [5, 5.41) is 16.0. The molecule has 13 heteroatoms. The molecule has 0 spiro atoms. The average molecular weight is 710 g/mol. The fraction of sp³-hybridized carbons (Fsp3) is 0.556. The van der Waals surface area contributed by atoms with Gasteiger partial charge in [-0.2, -0.15) is 5.10 Å². The minimum atomic E-state index is -3.24. The molecule has 11 nitrogen and oxygen atoms in total. The van der Waals surface area contributed by atoms with Crippen LogP contribution in [0.5, 0.6) is 0 Å². The Balaban J connectivity index is 1.21. The van der Waals surface area contributed by atoms with Crippen molar-refractivity contribution in [2.45, 2.75) is 76.9 Å². The number of nitrogens with zero attached hydrogens (tertiary/aromatic N) is 3. The molecule has 5 aliphatic rings. The molecule has 7 rings (SSSR count). The molecule has 49 heavy (non-hydrogen) atoms. The third-order valence-electron chi connectivity index (χ3n) is 12.2. The molecule has 3 fully saturated rings. The van der Waals surface area contributed by atoms with Crippen LogP contribution in [0.15, 0.2) is 51.6 Å². The van der Waals surface area contributed by atoms with Gasteiger partial charge in [-0.05, 0) is 110 Å². The predicted octanol–water partition coefficient (Wildman–Crippen LogP) is 5.73. The molecule has 0 radical (unpaired) electrons. The molecule has 1 amide bonds. The lowest BCUT2D eigenvalue weighted by Gasteiger charge is -2.60. The molecule has 0 bridgehead atoms. The van der Waals surface area contributed by atoms with Gasteiger partial charge in [-0.3, -0.25) is 9.59 Å². The highest BCUT2D eigenvalue weighted by Crippen LogP contribution is 2.69. The summed E-state index contributed by atoms with van der Waals surface area (Å²) in [7, 11) is -0.0929. The summed E-state index contributed by atoms with van der Waals surface area (Å²) in [5.41, 5.74) is 1.38. The van der Waals surface area contributed by atoms with Crippen LogP contribution in [0.2, 0.25) is 0 Å². The van der Waals surface area contributed by atoms with E-state index in [4.69, 9.17) is 14.3 Å². The number of sulfone groups is 1. The van der Waals surface area contributed by atoms with Crippen LogP contribution in [0, 0.1) is 28.6 Å². The maximum Gasteiger partial charge on any atom is 0.375 e. The topological polar surface area (TPSA) is 149 Å². The Kier molecular flexibility index (Phi) is 8.22. The van der Waals surface area contributed by atoms with Crippen molar-refractivity contribution in [1.82, 2.24) is 14.7 Å². The van der Waals surface area contributed by atoms with Crippen molar-refractivity contribution < 1.29 is 37.1 Å². The number of carbonyl (C=O) groups is 3. The van der Waals surface area contributed by atoms with Gasteiger partial charge < -0.3 is 19.2 Å². The molecular weight excluding hydrogens is 667 g/mol. The monoisotopic (exact) mass is 709 g/mol. The fourth-order valence-corrected chi connectivity index (χ4v) is 11.6. The minimum Gasteiger partial charge on any atom is -0.457 e. The smallest absolute Gasteiger partial charge is 0.375 e. The number of hydrogen-bond donors (Lipinski definition) is 1. The number of thioether (sulfide) groups is 1. The first-order valence-electron chi connectivity index (χ1n) is 16.9. The van der Waals surface area contributed by atoms with Gasteiger partial charge >= 0.3 is 5.97 Å². The Labute approximate surface area is 290 Å². The van der Waals surface area contributed by atoms with Crippen LogP contribution in [0.4, 0.5) is 4.79 Å². The number of fused-ring (bicyclic) bond motifs is 6. The van der Waals surface area contributed by atoms with Crippen LogP contribution in [0.25, 0.3) is 11.8 Å². The summed E-state index contributed by atoms with van der Waals surface area (Å²) < 4.78 is 37.6. The van der Waals surface area contributed by atoms with Gasteiger partial charge in [0.2, 0.25) is 10.9 Å². The summed E-state index contributed by atoms with van der Waals surface area (Å²) in [6.07, 6.45) is 13.9. The number of ether oxygens (including phenoxy) is 1. The lowest BCUT2D eigenvalue weighted by atomic mass is 9.45. The Morgan fingerprint density at radius 3 is 2.57 bits per heavy atom. The van der Waals surface area contributed by atoms with E-state index in [1.165, 1.54) is 29.1 Å². The molecule has 1 N–H and O–H groups in total. The van der Waals surface area contributed by atoms with E-state index in [2.05, 4.69) is 13.0 Å². The molecule has 7 atom stereocenters. The van der Waals surface area contributed by atoms with Crippen molar-refractivity contribution in [3.63, 3.8) is 0 Å². The highest BCUT2D eigenvalue weighted by atomic mass is 32.2. The summed E-state index contributed by atoms with van der Waals surface area (Å²) in [4.78, 5) is 42.2. The van der Waals surface area contributed by atoms with Gasteiger partial charge in [-0.1, -0.05) is 19.4 Å². The number of furan rings is 1. The average Bonchev–Trinajstić information content (AvgIpc) is 3.78. The van der Waals surface area contributed by atoms with Gasteiger partial charge in [0.1, 0.15) is 0 Å². The van der Waals surface area contributed by atoms with E-state index in [0.717, 1.165) is 29.8 Å². The van der Waals surface area contributed by atoms with Gasteiger partial charge in [0.15, 0.2) is 15.4 Å². The second kappa shape index (κ2) is 11.8. The molecule has 0 aliphatic heterocycles. The number of rotatable bonds is 5. The van der Waals surface area contributed by atoms with Crippen molar-refractivity contribution >= 4 is 49.7 Å². The Bertz CT molecular complexity index is 1920. The first-order chi connectivity index (χ1) is 23.1. The molecule has 5 aliphatic carbocycles. The highest BCUT2D eigenvalue weighted by Gasteiger charge is 2.71. The molecule has 3 saturated carbocycles. The van der Waals surface area contributed by atoms with Crippen molar-refractivity contribution in [3.05, 3.63) is 64.2 Å². The fourth-order valence-electron chi connectivity index (χ4n) is 9.89.